The summed E-state index contributed by atoms with van der Waals surface area (Å²) in [5.41, 5.74) is 0.367. The van der Waals surface area contributed by atoms with Gasteiger partial charge in [0.25, 0.3) is 0 Å². The van der Waals surface area contributed by atoms with Crippen LogP contribution in [0.25, 0.3) is 0 Å². The fourth-order valence-electron chi connectivity index (χ4n) is 1.40. The number of hydrogen-bond donors (Lipinski definition) is 2. The van der Waals surface area contributed by atoms with E-state index in [4.69, 9.17) is 20.4 Å². The average molecular weight is 239 g/mol. The molecule has 0 fully saturated rings. The third-order valence-corrected chi connectivity index (χ3v) is 2.33. The van der Waals surface area contributed by atoms with Gasteiger partial charge in [-0.2, -0.15) is 0 Å². The van der Waals surface area contributed by atoms with Crippen LogP contribution in [0.3, 0.4) is 0 Å². The van der Waals surface area contributed by atoms with Crippen molar-refractivity contribution < 1.29 is 14.4 Å². The predicted molar refractivity (Wildman–Crippen MR) is 63.1 cm³/mol. The van der Waals surface area contributed by atoms with Crippen molar-refractivity contribution in [3.05, 3.63) is 11.8 Å². The molecule has 1 atom stereocenters. The van der Waals surface area contributed by atoms with E-state index in [0.29, 0.717) is 12.4 Å². The van der Waals surface area contributed by atoms with Crippen molar-refractivity contribution in [2.45, 2.75) is 26.3 Å². The summed E-state index contributed by atoms with van der Waals surface area (Å²) in [6, 6.07) is -0.566. The maximum absolute atomic E-state index is 11.5. The average Bonchev–Trinajstić information content (AvgIpc) is 2.59. The lowest BCUT2D eigenvalue weighted by molar-refractivity contribution is -0.161. The zero-order valence-electron chi connectivity index (χ0n) is 10.2. The van der Waals surface area contributed by atoms with Gasteiger partial charge in [-0.25, -0.2) is 4.79 Å². The van der Waals surface area contributed by atoms with E-state index in [-0.39, 0.29) is 23.8 Å². The molecule has 1 aliphatic heterocycles. The van der Waals surface area contributed by atoms with Gasteiger partial charge in [-0.15, -0.1) is 5.06 Å². The molecule has 1 unspecified atom stereocenters. The van der Waals surface area contributed by atoms with Gasteiger partial charge in [0, 0.05) is 12.8 Å². The Balaban J connectivity index is 2.65. The molecular weight excluding hydrogens is 222 g/mol. The zero-order valence-corrected chi connectivity index (χ0v) is 10.2. The summed E-state index contributed by atoms with van der Waals surface area (Å²) in [6.45, 7) is 3.61. The van der Waals surface area contributed by atoms with E-state index in [0.717, 1.165) is 0 Å². The molecule has 6 nitrogen and oxygen atoms in total. The molecular formula is C11H17N3O3. The number of rotatable bonds is 5. The van der Waals surface area contributed by atoms with Gasteiger partial charge in [0.15, 0.2) is 6.04 Å². The number of esters is 1. The lowest BCUT2D eigenvalue weighted by atomic mass is 10.1. The van der Waals surface area contributed by atoms with E-state index in [1.165, 1.54) is 5.06 Å². The van der Waals surface area contributed by atoms with Gasteiger partial charge >= 0.3 is 5.97 Å². The highest BCUT2D eigenvalue weighted by Gasteiger charge is 2.31. The van der Waals surface area contributed by atoms with E-state index in [1.54, 1.807) is 27.0 Å². The Kier molecular flexibility index (Phi) is 4.39. The molecule has 17 heavy (non-hydrogen) atoms. The summed E-state index contributed by atoms with van der Waals surface area (Å²) in [5.74, 6) is 0.130. The number of hydrogen-bond acceptors (Lipinski definition) is 6. The fourth-order valence-corrected chi connectivity index (χ4v) is 1.40. The van der Waals surface area contributed by atoms with Gasteiger partial charge in [-0.1, -0.05) is 0 Å². The molecule has 0 aromatic heterocycles. The molecule has 0 aliphatic carbocycles. The summed E-state index contributed by atoms with van der Waals surface area (Å²) in [5, 5.41) is 16.2. The molecule has 6 heteroatoms. The van der Waals surface area contributed by atoms with E-state index in [9.17, 15) is 4.79 Å². The SMILES string of the molecule is CCOC(=O)C1C=C(CC(=N)C(C)=N)ON1C. The van der Waals surface area contributed by atoms with Crippen LogP contribution in [0.4, 0.5) is 0 Å². The topological polar surface area (TPSA) is 86.5 Å². The van der Waals surface area contributed by atoms with Crippen LogP contribution in [-0.2, 0) is 14.4 Å². The summed E-state index contributed by atoms with van der Waals surface area (Å²) in [4.78, 5) is 16.9. The first-order valence-corrected chi connectivity index (χ1v) is 5.36. The minimum atomic E-state index is -0.566. The Hall–Kier alpha value is -1.69. The van der Waals surface area contributed by atoms with E-state index in [2.05, 4.69) is 0 Å². The second kappa shape index (κ2) is 5.58. The van der Waals surface area contributed by atoms with Crippen molar-refractivity contribution in [2.24, 2.45) is 0 Å². The van der Waals surface area contributed by atoms with Crippen LogP contribution in [0.1, 0.15) is 20.3 Å². The highest BCUT2D eigenvalue weighted by atomic mass is 16.7. The molecule has 1 heterocycles. The monoisotopic (exact) mass is 239 g/mol. The fraction of sp³-hybridized carbons (Fsp3) is 0.545. The van der Waals surface area contributed by atoms with Gasteiger partial charge < -0.3 is 20.4 Å². The van der Waals surface area contributed by atoms with Gasteiger partial charge in [-0.05, 0) is 19.9 Å². The zero-order chi connectivity index (χ0) is 13.0. The minimum absolute atomic E-state index is 0.175. The van der Waals surface area contributed by atoms with Crippen LogP contribution in [0.15, 0.2) is 11.8 Å². The number of likely N-dealkylation sites (N-methyl/N-ethyl adjacent to an activating group) is 1. The van der Waals surface area contributed by atoms with E-state index in [1.807, 2.05) is 0 Å². The van der Waals surface area contributed by atoms with Crippen LogP contribution in [0.5, 0.6) is 0 Å². The van der Waals surface area contributed by atoms with Gasteiger partial charge in [0.1, 0.15) is 5.76 Å². The van der Waals surface area contributed by atoms with Crippen LogP contribution in [0, 0.1) is 10.8 Å². The molecule has 0 amide bonds. The number of carbonyl (C=O) groups is 1. The Morgan fingerprint density at radius 2 is 2.24 bits per heavy atom. The number of ether oxygens (including phenoxy) is 1. The smallest absolute Gasteiger partial charge is 0.330 e. The molecule has 0 bridgehead atoms. The number of carbonyl (C=O) groups excluding carboxylic acids is 1. The molecule has 2 N–H and O–H groups in total. The van der Waals surface area contributed by atoms with E-state index < -0.39 is 6.04 Å². The molecule has 94 valence electrons. The van der Waals surface area contributed by atoms with Gasteiger partial charge in [-0.3, -0.25) is 0 Å². The maximum atomic E-state index is 11.5. The first kappa shape index (κ1) is 13.4. The van der Waals surface area contributed by atoms with Crippen LogP contribution < -0.4 is 0 Å². The highest BCUT2D eigenvalue weighted by molar-refractivity contribution is 6.39. The van der Waals surface area contributed by atoms with E-state index >= 15 is 0 Å². The number of nitrogens with one attached hydrogen (secondary N) is 2. The third kappa shape index (κ3) is 3.39. The van der Waals surface area contributed by atoms with Crippen LogP contribution in [-0.4, -0.2) is 42.2 Å². The molecule has 0 saturated heterocycles. The standard InChI is InChI=1S/C11H17N3O3/c1-4-16-11(15)10-6-8(17-14(10)3)5-9(13)7(2)12/h6,10,12-13H,4-5H2,1-3H3. The summed E-state index contributed by atoms with van der Waals surface area (Å²) < 4.78 is 4.90. The first-order valence-electron chi connectivity index (χ1n) is 5.36. The molecule has 0 spiro atoms. The quantitative estimate of drug-likeness (QED) is 0.556. The van der Waals surface area contributed by atoms with Crippen LogP contribution in [0.2, 0.25) is 0 Å². The summed E-state index contributed by atoms with van der Waals surface area (Å²) in [6.07, 6.45) is 1.84. The highest BCUT2D eigenvalue weighted by Crippen LogP contribution is 2.20. The Labute approximate surface area is 100 Å². The van der Waals surface area contributed by atoms with Crippen molar-refractivity contribution in [1.82, 2.24) is 5.06 Å². The summed E-state index contributed by atoms with van der Waals surface area (Å²) >= 11 is 0. The van der Waals surface area contributed by atoms with Crippen LogP contribution >= 0.6 is 0 Å². The largest absolute Gasteiger partial charge is 0.464 e. The second-order valence-electron chi connectivity index (χ2n) is 3.75. The Morgan fingerprint density at radius 1 is 1.59 bits per heavy atom. The van der Waals surface area contributed by atoms with Crippen molar-refractivity contribution in [1.29, 1.82) is 10.8 Å². The van der Waals surface area contributed by atoms with Crippen molar-refractivity contribution in [3.8, 4) is 0 Å². The number of nitrogens with zero attached hydrogens (tertiary/aromatic N) is 1. The lowest BCUT2D eigenvalue weighted by Crippen LogP contribution is -2.33. The normalized spacial score (nSPS) is 19.5. The van der Waals surface area contributed by atoms with Gasteiger partial charge in [0.05, 0.1) is 18.7 Å². The molecule has 0 saturated carbocycles. The lowest BCUT2D eigenvalue weighted by Gasteiger charge is -2.16. The van der Waals surface area contributed by atoms with Crippen molar-refractivity contribution >= 4 is 17.4 Å². The molecule has 0 aromatic carbocycles. The third-order valence-electron chi connectivity index (χ3n) is 2.33. The Morgan fingerprint density at radius 3 is 2.76 bits per heavy atom. The first-order chi connectivity index (χ1) is 7.95. The summed E-state index contributed by atoms with van der Waals surface area (Å²) in [7, 11) is 1.63. The molecule has 0 radical (unpaired) electrons. The van der Waals surface area contributed by atoms with Crippen molar-refractivity contribution in [3.63, 3.8) is 0 Å². The van der Waals surface area contributed by atoms with Crippen molar-refractivity contribution in [2.75, 3.05) is 13.7 Å². The molecule has 1 aliphatic rings. The van der Waals surface area contributed by atoms with Gasteiger partial charge in [0.2, 0.25) is 0 Å². The number of hydroxylamine groups is 2. The second-order valence-corrected chi connectivity index (χ2v) is 3.75. The predicted octanol–water partition coefficient (Wildman–Crippen LogP) is 1.13. The Bertz CT molecular complexity index is 376. The number of allylic oxidation sites excluding steroid dienone is 1. The minimum Gasteiger partial charge on any atom is -0.464 e. The molecule has 1 rings (SSSR count). The molecule has 0 aromatic rings. The maximum Gasteiger partial charge on any atom is 0.330 e.